The second kappa shape index (κ2) is 6.25. The summed E-state index contributed by atoms with van der Waals surface area (Å²) in [4.78, 5) is 2.47. The van der Waals surface area contributed by atoms with Gasteiger partial charge in [-0.3, -0.25) is 0 Å². The molecule has 17 heavy (non-hydrogen) atoms. The lowest BCUT2D eigenvalue weighted by Crippen LogP contribution is -2.45. The van der Waals surface area contributed by atoms with Gasteiger partial charge in [-0.15, -0.1) is 0 Å². The van der Waals surface area contributed by atoms with Crippen LogP contribution in [0.1, 0.15) is 19.8 Å². The third-order valence-corrected chi connectivity index (χ3v) is 4.26. The maximum absolute atomic E-state index is 6.00. The van der Waals surface area contributed by atoms with Gasteiger partial charge in [0.15, 0.2) is 0 Å². The summed E-state index contributed by atoms with van der Waals surface area (Å²) < 4.78 is 1.24. The molecular formula is C13H18ClIN2. The number of likely N-dealkylation sites (N-methyl/N-ethyl adjacent to an activating group) is 1. The number of hydrogen-bond donors (Lipinski definition) is 1. The predicted molar refractivity (Wildman–Crippen MR) is 83.1 cm³/mol. The van der Waals surface area contributed by atoms with Crippen LogP contribution in [0.15, 0.2) is 18.2 Å². The van der Waals surface area contributed by atoms with E-state index < -0.39 is 0 Å². The Kier molecular flexibility index (Phi) is 4.94. The number of benzene rings is 1. The number of nitrogens with zero attached hydrogens (tertiary/aromatic N) is 1. The van der Waals surface area contributed by atoms with Gasteiger partial charge in [0, 0.05) is 27.7 Å². The van der Waals surface area contributed by atoms with Crippen molar-refractivity contribution in [2.45, 2.75) is 25.8 Å². The number of rotatable bonds is 3. The molecule has 1 atom stereocenters. The van der Waals surface area contributed by atoms with Crippen LogP contribution >= 0.6 is 34.2 Å². The summed E-state index contributed by atoms with van der Waals surface area (Å²) in [5, 5.41) is 4.36. The summed E-state index contributed by atoms with van der Waals surface area (Å²) in [5.74, 6) is 0. The fraction of sp³-hybridized carbons (Fsp3) is 0.538. The molecule has 1 saturated heterocycles. The molecule has 0 spiro atoms. The molecule has 2 rings (SSSR count). The molecule has 0 bridgehead atoms. The Labute approximate surface area is 122 Å². The quantitative estimate of drug-likeness (QED) is 0.826. The highest BCUT2D eigenvalue weighted by atomic mass is 127. The Morgan fingerprint density at radius 3 is 3.06 bits per heavy atom. The number of halogens is 2. The first-order valence-corrected chi connectivity index (χ1v) is 7.59. The summed E-state index contributed by atoms with van der Waals surface area (Å²) in [7, 11) is 0. The van der Waals surface area contributed by atoms with E-state index in [0.717, 1.165) is 24.7 Å². The predicted octanol–water partition coefficient (Wildman–Crippen LogP) is 3.52. The Hall–Kier alpha value is -0.000000000000000111. The van der Waals surface area contributed by atoms with Gasteiger partial charge in [0.25, 0.3) is 0 Å². The molecule has 0 aliphatic carbocycles. The van der Waals surface area contributed by atoms with E-state index >= 15 is 0 Å². The fourth-order valence-electron chi connectivity index (χ4n) is 2.39. The third kappa shape index (κ3) is 3.48. The zero-order valence-corrected chi connectivity index (χ0v) is 13.0. The van der Waals surface area contributed by atoms with Gasteiger partial charge in [-0.05, 0) is 60.2 Å². The molecule has 0 saturated carbocycles. The highest BCUT2D eigenvalue weighted by Gasteiger charge is 2.20. The van der Waals surface area contributed by atoms with Crippen LogP contribution in [0.3, 0.4) is 0 Å². The lowest BCUT2D eigenvalue weighted by atomic mass is 10.0. The molecule has 1 heterocycles. The van der Waals surface area contributed by atoms with Crippen LogP contribution in [-0.2, 0) is 0 Å². The zero-order valence-electron chi connectivity index (χ0n) is 10.0. The number of hydrogen-bond acceptors (Lipinski definition) is 2. The lowest BCUT2D eigenvalue weighted by molar-refractivity contribution is 0.431. The zero-order chi connectivity index (χ0) is 12.3. The molecule has 1 aliphatic rings. The summed E-state index contributed by atoms with van der Waals surface area (Å²) in [6.45, 7) is 5.48. The first-order chi connectivity index (χ1) is 8.20. The van der Waals surface area contributed by atoms with E-state index in [4.69, 9.17) is 11.6 Å². The molecule has 2 nitrogen and oxygen atoms in total. The van der Waals surface area contributed by atoms with Crippen LogP contribution < -0.4 is 10.2 Å². The van der Waals surface area contributed by atoms with Crippen molar-refractivity contribution in [3.63, 3.8) is 0 Å². The van der Waals surface area contributed by atoms with Gasteiger partial charge in [0.2, 0.25) is 0 Å². The maximum atomic E-state index is 6.00. The largest absolute Gasteiger partial charge is 0.369 e. The number of piperidine rings is 1. The molecule has 94 valence electrons. The second-order valence-electron chi connectivity index (χ2n) is 4.44. The van der Waals surface area contributed by atoms with Gasteiger partial charge in [-0.25, -0.2) is 0 Å². The molecule has 1 unspecified atom stereocenters. The van der Waals surface area contributed by atoms with Gasteiger partial charge in [-0.1, -0.05) is 18.5 Å². The van der Waals surface area contributed by atoms with Gasteiger partial charge < -0.3 is 10.2 Å². The van der Waals surface area contributed by atoms with E-state index in [1.165, 1.54) is 22.1 Å². The molecule has 1 aliphatic heterocycles. The van der Waals surface area contributed by atoms with Crippen molar-refractivity contribution in [2.75, 3.05) is 24.5 Å². The van der Waals surface area contributed by atoms with E-state index in [0.29, 0.717) is 6.04 Å². The molecule has 0 amide bonds. The first kappa shape index (κ1) is 13.4. The SMILES string of the molecule is CCNC1CCCN(c2ccc(Cl)cc2I)C1. The highest BCUT2D eigenvalue weighted by Crippen LogP contribution is 2.28. The van der Waals surface area contributed by atoms with Gasteiger partial charge in [0.1, 0.15) is 0 Å². The minimum atomic E-state index is 0.625. The second-order valence-corrected chi connectivity index (χ2v) is 6.04. The minimum absolute atomic E-state index is 0.625. The summed E-state index contributed by atoms with van der Waals surface area (Å²) in [6.07, 6.45) is 2.55. The van der Waals surface area contributed by atoms with E-state index in [1.54, 1.807) is 0 Å². The Bertz CT molecular complexity index is 382. The molecule has 0 radical (unpaired) electrons. The normalized spacial score (nSPS) is 20.6. The molecule has 1 aromatic rings. The van der Waals surface area contributed by atoms with Crippen LogP contribution in [0, 0.1) is 3.57 Å². The lowest BCUT2D eigenvalue weighted by Gasteiger charge is -2.35. The van der Waals surface area contributed by atoms with Crippen molar-refractivity contribution in [1.29, 1.82) is 0 Å². The smallest absolute Gasteiger partial charge is 0.0503 e. The average molecular weight is 365 g/mol. The van der Waals surface area contributed by atoms with E-state index in [2.05, 4.69) is 45.8 Å². The molecule has 0 aromatic heterocycles. The van der Waals surface area contributed by atoms with Crippen molar-refractivity contribution in [1.82, 2.24) is 5.32 Å². The van der Waals surface area contributed by atoms with Crippen molar-refractivity contribution < 1.29 is 0 Å². The van der Waals surface area contributed by atoms with E-state index in [9.17, 15) is 0 Å². The van der Waals surface area contributed by atoms with Gasteiger partial charge in [-0.2, -0.15) is 0 Å². The average Bonchev–Trinajstić information content (AvgIpc) is 2.29. The molecular weight excluding hydrogens is 347 g/mol. The Morgan fingerprint density at radius 2 is 2.35 bits per heavy atom. The third-order valence-electron chi connectivity index (χ3n) is 3.16. The Balaban J connectivity index is 2.10. The van der Waals surface area contributed by atoms with Crippen LogP contribution in [0.4, 0.5) is 5.69 Å². The highest BCUT2D eigenvalue weighted by molar-refractivity contribution is 14.1. The van der Waals surface area contributed by atoms with Crippen molar-refractivity contribution in [2.24, 2.45) is 0 Å². The molecule has 1 N–H and O–H groups in total. The summed E-state index contributed by atoms with van der Waals surface area (Å²) in [6, 6.07) is 6.78. The van der Waals surface area contributed by atoms with Crippen LogP contribution in [0.5, 0.6) is 0 Å². The summed E-state index contributed by atoms with van der Waals surface area (Å²) in [5.41, 5.74) is 1.32. The topological polar surface area (TPSA) is 15.3 Å². The van der Waals surface area contributed by atoms with Crippen molar-refractivity contribution >= 4 is 39.9 Å². The van der Waals surface area contributed by atoms with E-state index in [1.807, 2.05) is 12.1 Å². The molecule has 1 aromatic carbocycles. The molecule has 1 fully saturated rings. The fourth-order valence-corrected chi connectivity index (χ4v) is 3.60. The first-order valence-electron chi connectivity index (χ1n) is 6.14. The van der Waals surface area contributed by atoms with Crippen molar-refractivity contribution in [3.05, 3.63) is 26.8 Å². The van der Waals surface area contributed by atoms with Crippen LogP contribution in [-0.4, -0.2) is 25.7 Å². The minimum Gasteiger partial charge on any atom is -0.369 e. The van der Waals surface area contributed by atoms with E-state index in [-0.39, 0.29) is 0 Å². The molecule has 4 heteroatoms. The maximum Gasteiger partial charge on any atom is 0.0503 e. The number of anilines is 1. The Morgan fingerprint density at radius 1 is 1.53 bits per heavy atom. The van der Waals surface area contributed by atoms with Crippen molar-refractivity contribution in [3.8, 4) is 0 Å². The monoisotopic (exact) mass is 364 g/mol. The summed E-state index contributed by atoms with van der Waals surface area (Å²) >= 11 is 8.37. The van der Waals surface area contributed by atoms with Crippen LogP contribution in [0.25, 0.3) is 0 Å². The van der Waals surface area contributed by atoms with Crippen LogP contribution in [0.2, 0.25) is 5.02 Å². The van der Waals surface area contributed by atoms with Gasteiger partial charge in [0.05, 0.1) is 5.69 Å². The van der Waals surface area contributed by atoms with Gasteiger partial charge >= 0.3 is 0 Å². The number of nitrogens with one attached hydrogen (secondary N) is 1. The standard InChI is InChI=1S/C13H18ClIN2/c1-2-16-11-4-3-7-17(9-11)13-6-5-10(14)8-12(13)15/h5-6,8,11,16H,2-4,7,9H2,1H3.